The summed E-state index contributed by atoms with van der Waals surface area (Å²) in [5.74, 6) is 0.618. The molecule has 1 aromatic carbocycles. The third kappa shape index (κ3) is 5.80. The van der Waals surface area contributed by atoms with Crippen LogP contribution in [0, 0.1) is 18.2 Å². The number of morpholine rings is 1. The molecule has 5 aliphatic rings. The number of hydrogen-bond donors (Lipinski definition) is 2. The molecular formula is C37H38FN7O2S. The molecule has 9 rings (SSSR count). The van der Waals surface area contributed by atoms with E-state index in [1.165, 1.54) is 17.8 Å². The second-order valence-corrected chi connectivity index (χ2v) is 13.6. The average molecular weight is 664 g/mol. The number of benzene rings is 1. The van der Waals surface area contributed by atoms with Crippen LogP contribution in [0.15, 0.2) is 96.3 Å². The van der Waals surface area contributed by atoms with Gasteiger partial charge in [-0.3, -0.25) is 4.98 Å². The summed E-state index contributed by atoms with van der Waals surface area (Å²) in [6, 6.07) is 13.3. The van der Waals surface area contributed by atoms with E-state index >= 15 is 0 Å². The molecule has 48 heavy (non-hydrogen) atoms. The Bertz CT molecular complexity index is 1900. The van der Waals surface area contributed by atoms with Crippen molar-refractivity contribution in [3.8, 4) is 11.4 Å². The molecule has 1 unspecified atom stereocenters. The van der Waals surface area contributed by atoms with Crippen LogP contribution in [-0.2, 0) is 9.47 Å². The molecule has 3 aromatic heterocycles. The third-order valence-electron chi connectivity index (χ3n) is 9.59. The quantitative estimate of drug-likeness (QED) is 0.268. The van der Waals surface area contributed by atoms with E-state index in [9.17, 15) is 4.39 Å². The van der Waals surface area contributed by atoms with Crippen LogP contribution in [0.1, 0.15) is 12.0 Å². The molecule has 11 heteroatoms. The highest BCUT2D eigenvalue weighted by atomic mass is 32.2. The molecule has 2 N–H and O–H groups in total. The van der Waals surface area contributed by atoms with E-state index in [2.05, 4.69) is 56.6 Å². The van der Waals surface area contributed by atoms with E-state index < -0.39 is 0 Å². The van der Waals surface area contributed by atoms with Gasteiger partial charge < -0.3 is 29.9 Å². The van der Waals surface area contributed by atoms with E-state index in [1.807, 2.05) is 30.5 Å². The van der Waals surface area contributed by atoms with Crippen LogP contribution in [0.3, 0.4) is 0 Å². The van der Waals surface area contributed by atoms with Gasteiger partial charge in [0.1, 0.15) is 10.8 Å². The summed E-state index contributed by atoms with van der Waals surface area (Å²) >= 11 is 1.77. The Morgan fingerprint density at radius 2 is 1.92 bits per heavy atom. The Hall–Kier alpha value is -4.45. The fourth-order valence-corrected chi connectivity index (χ4v) is 8.08. The van der Waals surface area contributed by atoms with Gasteiger partial charge in [-0.05, 0) is 62.4 Å². The number of nitrogens with one attached hydrogen (secondary N) is 2. The van der Waals surface area contributed by atoms with E-state index in [-0.39, 0.29) is 11.2 Å². The van der Waals surface area contributed by atoms with Gasteiger partial charge in [0.25, 0.3) is 0 Å². The third-order valence-corrected chi connectivity index (χ3v) is 10.6. The molecule has 2 saturated heterocycles. The fraction of sp³-hybridized carbons (Fsp3) is 0.324. The predicted octanol–water partition coefficient (Wildman–Crippen LogP) is 6.10. The van der Waals surface area contributed by atoms with Crippen LogP contribution < -0.4 is 20.4 Å². The number of thioether (sulfide) groups is 1. The molecule has 5 aliphatic heterocycles. The number of fused-ring (bicyclic) bond motifs is 4. The first-order chi connectivity index (χ1) is 23.6. The summed E-state index contributed by atoms with van der Waals surface area (Å²) in [5, 5.41) is 8.95. The van der Waals surface area contributed by atoms with Crippen molar-refractivity contribution >= 4 is 39.7 Å². The number of aromatic nitrogens is 3. The number of nitrogens with zero attached hydrogens (tertiary/aromatic N) is 5. The van der Waals surface area contributed by atoms with Crippen LogP contribution in [0.5, 0.6) is 0 Å². The smallest absolute Gasteiger partial charge is 0.125 e. The number of anilines is 3. The predicted molar refractivity (Wildman–Crippen MR) is 189 cm³/mol. The van der Waals surface area contributed by atoms with Crippen molar-refractivity contribution < 1.29 is 13.9 Å². The van der Waals surface area contributed by atoms with Gasteiger partial charge in [0, 0.05) is 60.8 Å². The van der Waals surface area contributed by atoms with Gasteiger partial charge in [0.15, 0.2) is 0 Å². The molecule has 9 nitrogen and oxygen atoms in total. The van der Waals surface area contributed by atoms with Gasteiger partial charge in [0.2, 0.25) is 0 Å². The zero-order valence-electron chi connectivity index (χ0n) is 26.9. The van der Waals surface area contributed by atoms with Gasteiger partial charge in [-0.1, -0.05) is 12.1 Å². The molecule has 2 fully saturated rings. The van der Waals surface area contributed by atoms with Gasteiger partial charge in [-0.2, -0.15) is 0 Å². The van der Waals surface area contributed by atoms with Crippen molar-refractivity contribution in [3.05, 3.63) is 103 Å². The summed E-state index contributed by atoms with van der Waals surface area (Å²) in [5.41, 5.74) is 7.83. The average Bonchev–Trinajstić information content (AvgIpc) is 3.49. The highest BCUT2D eigenvalue weighted by Crippen LogP contribution is 2.45. The minimum Gasteiger partial charge on any atom is -0.473 e. The van der Waals surface area contributed by atoms with E-state index in [0.717, 1.165) is 103 Å². The minimum atomic E-state index is -0.298. The van der Waals surface area contributed by atoms with E-state index in [4.69, 9.17) is 19.4 Å². The first kappa shape index (κ1) is 30.9. The molecule has 8 heterocycles. The Morgan fingerprint density at radius 3 is 2.75 bits per heavy atom. The number of halogens is 1. The van der Waals surface area contributed by atoms with Crippen LogP contribution in [-0.4, -0.2) is 72.7 Å². The van der Waals surface area contributed by atoms with Gasteiger partial charge in [-0.15, -0.1) is 11.8 Å². The lowest BCUT2D eigenvalue weighted by Gasteiger charge is -2.35. The van der Waals surface area contributed by atoms with Gasteiger partial charge >= 0.3 is 0 Å². The SMILES string of the molecule is C1=CC2(C=CO1)CNC1=CCCNC12.Cc1c(-c2ccccn2)nc2cc(F)ccc2c1N1CCSc2ncc(N3CCOCC3)cc21. The number of pyridine rings is 3. The number of hydrogen-bond acceptors (Lipinski definition) is 10. The maximum absolute atomic E-state index is 14.2. The Labute approximate surface area is 283 Å². The lowest BCUT2D eigenvalue weighted by Crippen LogP contribution is -2.44. The molecule has 0 saturated carbocycles. The van der Waals surface area contributed by atoms with Crippen molar-refractivity contribution in [3.63, 3.8) is 0 Å². The Balaban J connectivity index is 0.000000199. The minimum absolute atomic E-state index is 0.0878. The molecule has 0 amide bonds. The molecule has 246 valence electrons. The summed E-state index contributed by atoms with van der Waals surface area (Å²) < 4.78 is 24.9. The number of ether oxygens (including phenoxy) is 2. The molecule has 1 spiro atoms. The van der Waals surface area contributed by atoms with Crippen LogP contribution in [0.2, 0.25) is 0 Å². The van der Waals surface area contributed by atoms with Gasteiger partial charge in [-0.25, -0.2) is 14.4 Å². The molecule has 1 atom stereocenters. The normalized spacial score (nSPS) is 20.7. The highest BCUT2D eigenvalue weighted by Gasteiger charge is 2.43. The fourth-order valence-electron chi connectivity index (χ4n) is 7.17. The van der Waals surface area contributed by atoms with E-state index in [0.29, 0.717) is 11.6 Å². The van der Waals surface area contributed by atoms with E-state index in [1.54, 1.807) is 30.5 Å². The standard InChI is InChI=1S/C26H24FN5OS.C11H14N2O/c1-17-24(21-4-2-3-7-28-21)30-22-14-18(27)5-6-20(22)25(17)32-10-13-34-26-23(32)15-19(16-29-26)31-8-11-33-12-9-31;1-2-9-10(12-5-1)11(8-13-9)3-6-14-7-4-11/h2-7,14-16H,8-13H2,1H3;2-4,6-7,10,12-13H,1,5,8H2. The Morgan fingerprint density at radius 1 is 1.04 bits per heavy atom. The summed E-state index contributed by atoms with van der Waals surface area (Å²) in [6.07, 6.45) is 15.0. The topological polar surface area (TPSA) is 87.7 Å². The second kappa shape index (κ2) is 13.2. The summed E-state index contributed by atoms with van der Waals surface area (Å²) in [7, 11) is 0. The maximum Gasteiger partial charge on any atom is 0.125 e. The van der Waals surface area contributed by atoms with Crippen LogP contribution in [0.4, 0.5) is 21.5 Å². The first-order valence-corrected chi connectivity index (χ1v) is 17.5. The van der Waals surface area contributed by atoms with Crippen molar-refractivity contribution in [2.24, 2.45) is 5.41 Å². The zero-order chi connectivity index (χ0) is 32.5. The first-order valence-electron chi connectivity index (χ1n) is 16.5. The highest BCUT2D eigenvalue weighted by molar-refractivity contribution is 7.99. The van der Waals surface area contributed by atoms with Crippen molar-refractivity contribution in [2.75, 3.05) is 61.5 Å². The monoisotopic (exact) mass is 663 g/mol. The van der Waals surface area contributed by atoms with Gasteiger partial charge in [0.05, 0.1) is 77.4 Å². The second-order valence-electron chi connectivity index (χ2n) is 12.5. The summed E-state index contributed by atoms with van der Waals surface area (Å²) in [4.78, 5) is 18.8. The summed E-state index contributed by atoms with van der Waals surface area (Å²) in [6.45, 7) is 8.10. The van der Waals surface area contributed by atoms with Crippen molar-refractivity contribution in [2.45, 2.75) is 24.4 Å². The largest absolute Gasteiger partial charge is 0.473 e. The lowest BCUT2D eigenvalue weighted by molar-refractivity contribution is 0.122. The molecule has 0 aliphatic carbocycles. The van der Waals surface area contributed by atoms with Crippen LogP contribution in [0.25, 0.3) is 22.3 Å². The zero-order valence-corrected chi connectivity index (χ0v) is 27.7. The Kier molecular flexibility index (Phi) is 8.50. The molecule has 0 bridgehead atoms. The van der Waals surface area contributed by atoms with Crippen molar-refractivity contribution in [1.29, 1.82) is 0 Å². The lowest BCUT2D eigenvalue weighted by atomic mass is 9.80. The van der Waals surface area contributed by atoms with Crippen molar-refractivity contribution in [1.82, 2.24) is 25.6 Å². The molecule has 4 aromatic rings. The number of rotatable bonds is 3. The maximum atomic E-state index is 14.2. The molecular weight excluding hydrogens is 626 g/mol. The molecule has 0 radical (unpaired) electrons. The van der Waals surface area contributed by atoms with Crippen LogP contribution >= 0.6 is 11.8 Å².